The molecule has 1 heterocycles. The molecule has 1 aromatic carbocycles. The zero-order chi connectivity index (χ0) is 13.6. The average Bonchev–Trinajstić information content (AvgIpc) is 2.64. The van der Waals surface area contributed by atoms with E-state index in [1.54, 1.807) is 0 Å². The van der Waals surface area contributed by atoms with Gasteiger partial charge in [0.05, 0.1) is 0 Å². The Hall–Kier alpha value is -1.77. The smallest absolute Gasteiger partial charge is 0.246 e. The summed E-state index contributed by atoms with van der Waals surface area (Å²) in [4.78, 5) is 11.5. The number of amides is 1. The molecule has 1 amide bonds. The van der Waals surface area contributed by atoms with Gasteiger partial charge in [-0.05, 0) is 12.2 Å². The lowest BCUT2D eigenvalue weighted by molar-refractivity contribution is -0.117. The van der Waals surface area contributed by atoms with Crippen LogP contribution in [0.5, 0.6) is 0 Å². The number of carbonyl (C=O) groups is 1. The molecule has 18 heavy (non-hydrogen) atoms. The predicted octanol–water partition coefficient (Wildman–Crippen LogP) is 1.60. The number of benzene rings is 1. The fraction of sp³-hybridized carbons (Fsp3) is 0.111. The van der Waals surface area contributed by atoms with Crippen molar-refractivity contribution >= 4 is 28.9 Å². The first-order valence-corrected chi connectivity index (χ1v) is 4.88. The van der Waals surface area contributed by atoms with Crippen LogP contribution in [-0.2, 0) is 4.79 Å². The minimum absolute atomic E-state index is 0.428. The monoisotopic (exact) mass is 282 g/mol. The average molecular weight is 282 g/mol. The van der Waals surface area contributed by atoms with Crippen molar-refractivity contribution in [2.45, 2.75) is 0 Å². The van der Waals surface area contributed by atoms with Gasteiger partial charge in [-0.2, -0.15) is 0 Å². The maximum absolute atomic E-state index is 13.4. The van der Waals surface area contributed by atoms with Gasteiger partial charge in [-0.15, -0.1) is 0 Å². The van der Waals surface area contributed by atoms with E-state index in [0.29, 0.717) is 4.90 Å². The fourth-order valence-electron chi connectivity index (χ4n) is 1.45. The molecule has 0 spiro atoms. The number of carbonyl (C=O) groups excluding carboxylic acids is 1. The Morgan fingerprint density at radius 2 is 1.39 bits per heavy atom. The number of nitrogens with zero attached hydrogens (tertiary/aromatic N) is 1. The zero-order valence-electron chi connectivity index (χ0n) is 8.36. The highest BCUT2D eigenvalue weighted by Crippen LogP contribution is 2.31. The van der Waals surface area contributed by atoms with Crippen molar-refractivity contribution in [2.24, 2.45) is 0 Å². The van der Waals surface area contributed by atoms with Crippen LogP contribution in [0, 0.1) is 29.1 Å². The van der Waals surface area contributed by atoms with Crippen LogP contribution in [0.2, 0.25) is 0 Å². The molecule has 0 aliphatic carbocycles. The van der Waals surface area contributed by atoms with Crippen molar-refractivity contribution in [1.29, 1.82) is 0 Å². The predicted molar refractivity (Wildman–Crippen MR) is 54.3 cm³/mol. The topological polar surface area (TPSA) is 32.3 Å². The first-order chi connectivity index (χ1) is 8.34. The molecule has 0 unspecified atom stereocenters. The van der Waals surface area contributed by atoms with Gasteiger partial charge in [-0.25, -0.2) is 22.0 Å². The van der Waals surface area contributed by atoms with E-state index in [1.807, 2.05) is 5.32 Å². The van der Waals surface area contributed by atoms with Crippen LogP contribution in [0.25, 0.3) is 0 Å². The van der Waals surface area contributed by atoms with Crippen LogP contribution in [0.4, 0.5) is 27.6 Å². The van der Waals surface area contributed by atoms with E-state index < -0.39 is 52.3 Å². The van der Waals surface area contributed by atoms with Gasteiger partial charge in [0.2, 0.25) is 11.7 Å². The zero-order valence-corrected chi connectivity index (χ0v) is 9.18. The summed E-state index contributed by atoms with van der Waals surface area (Å²) in [5.74, 6) is -11.2. The summed E-state index contributed by atoms with van der Waals surface area (Å²) in [5.41, 5.74) is -1.24. The Balaban J connectivity index is 2.65. The summed E-state index contributed by atoms with van der Waals surface area (Å²) >= 11 is 4.56. The van der Waals surface area contributed by atoms with Gasteiger partial charge < -0.3 is 10.2 Å². The molecule has 3 nitrogen and oxygen atoms in total. The van der Waals surface area contributed by atoms with Gasteiger partial charge in [-0.3, -0.25) is 4.79 Å². The second-order valence-corrected chi connectivity index (χ2v) is 3.74. The minimum atomic E-state index is -2.27. The van der Waals surface area contributed by atoms with Crippen molar-refractivity contribution in [3.05, 3.63) is 29.1 Å². The fourth-order valence-corrected chi connectivity index (χ4v) is 1.72. The van der Waals surface area contributed by atoms with E-state index in [9.17, 15) is 26.7 Å². The summed E-state index contributed by atoms with van der Waals surface area (Å²) in [6.07, 6.45) is 0. The summed E-state index contributed by atoms with van der Waals surface area (Å²) in [7, 11) is 0. The molecular weight excluding hydrogens is 279 g/mol. The molecule has 1 aliphatic heterocycles. The van der Waals surface area contributed by atoms with Crippen LogP contribution in [0.15, 0.2) is 0 Å². The Labute approximate surface area is 102 Å². The van der Waals surface area contributed by atoms with Crippen molar-refractivity contribution in [3.63, 3.8) is 0 Å². The van der Waals surface area contributed by atoms with E-state index in [2.05, 4.69) is 12.2 Å². The maximum Gasteiger partial charge on any atom is 0.246 e. The molecule has 96 valence electrons. The second kappa shape index (κ2) is 4.16. The van der Waals surface area contributed by atoms with Gasteiger partial charge in [-0.1, -0.05) is 0 Å². The molecule has 0 radical (unpaired) electrons. The number of hydrogen-bond donors (Lipinski definition) is 1. The minimum Gasteiger partial charge on any atom is -0.304 e. The molecule has 1 N–H and O–H groups in total. The molecule has 0 bridgehead atoms. The van der Waals surface area contributed by atoms with Crippen LogP contribution in [0.1, 0.15) is 0 Å². The Kier molecular flexibility index (Phi) is 2.93. The first-order valence-electron chi connectivity index (χ1n) is 4.47. The number of hydrogen-bond acceptors (Lipinski definition) is 2. The van der Waals surface area contributed by atoms with Crippen LogP contribution in [-0.4, -0.2) is 17.6 Å². The van der Waals surface area contributed by atoms with E-state index >= 15 is 0 Å². The second-order valence-electron chi connectivity index (χ2n) is 3.36. The van der Waals surface area contributed by atoms with Gasteiger partial charge in [0.1, 0.15) is 12.2 Å². The third-order valence-corrected chi connectivity index (χ3v) is 2.57. The highest BCUT2D eigenvalue weighted by molar-refractivity contribution is 7.80. The number of halogens is 5. The molecule has 9 heteroatoms. The number of nitrogens with one attached hydrogen (secondary N) is 1. The molecule has 1 aromatic rings. The van der Waals surface area contributed by atoms with Gasteiger partial charge in [0, 0.05) is 0 Å². The summed E-state index contributed by atoms with van der Waals surface area (Å²) in [6.45, 7) is -0.614. The van der Waals surface area contributed by atoms with Crippen LogP contribution in [0.3, 0.4) is 0 Å². The molecule has 1 fully saturated rings. The molecule has 0 saturated carbocycles. The number of thiocarbonyl (C=S) groups is 1. The van der Waals surface area contributed by atoms with Crippen molar-refractivity contribution in [1.82, 2.24) is 5.32 Å². The van der Waals surface area contributed by atoms with Gasteiger partial charge in [0.25, 0.3) is 0 Å². The third-order valence-electron chi connectivity index (χ3n) is 2.25. The van der Waals surface area contributed by atoms with E-state index in [0.717, 1.165) is 0 Å². The maximum atomic E-state index is 13.4. The van der Waals surface area contributed by atoms with E-state index in [-0.39, 0.29) is 0 Å². The molecule has 1 saturated heterocycles. The Morgan fingerprint density at radius 3 is 1.78 bits per heavy atom. The van der Waals surface area contributed by atoms with Gasteiger partial charge in [0.15, 0.2) is 28.4 Å². The lowest BCUT2D eigenvalue weighted by Crippen LogP contribution is -2.30. The first kappa shape index (κ1) is 12.7. The molecule has 1 aliphatic rings. The molecule has 0 atom stereocenters. The highest BCUT2D eigenvalue weighted by Gasteiger charge is 2.34. The van der Waals surface area contributed by atoms with Gasteiger partial charge >= 0.3 is 0 Å². The van der Waals surface area contributed by atoms with Crippen LogP contribution < -0.4 is 10.2 Å². The SMILES string of the molecule is O=C1CN(c2c(F)c(F)c(F)c(F)c2F)C(=S)N1. The summed E-state index contributed by atoms with van der Waals surface area (Å²) in [6, 6.07) is 0. The highest BCUT2D eigenvalue weighted by atomic mass is 32.1. The van der Waals surface area contributed by atoms with E-state index in [4.69, 9.17) is 0 Å². The van der Waals surface area contributed by atoms with E-state index in [1.165, 1.54) is 0 Å². The lowest BCUT2D eigenvalue weighted by Gasteiger charge is -2.18. The quantitative estimate of drug-likeness (QED) is 0.367. The standard InChI is InChI=1S/C9H3F5N2OS/c10-3-4(11)6(13)8(7(14)5(3)12)16-1-2(17)15-9(16)18/h1H2,(H,15,17,18). The molecular formula is C9H3F5N2OS. The van der Waals surface area contributed by atoms with Crippen molar-refractivity contribution in [3.8, 4) is 0 Å². The lowest BCUT2D eigenvalue weighted by atomic mass is 10.2. The number of anilines is 1. The Morgan fingerprint density at radius 1 is 0.944 bits per heavy atom. The third kappa shape index (κ3) is 1.70. The Bertz CT molecular complexity index is 548. The number of rotatable bonds is 1. The largest absolute Gasteiger partial charge is 0.304 e. The van der Waals surface area contributed by atoms with Crippen molar-refractivity contribution in [2.75, 3.05) is 11.4 Å². The van der Waals surface area contributed by atoms with Crippen LogP contribution >= 0.6 is 12.2 Å². The molecule has 0 aromatic heterocycles. The van der Waals surface area contributed by atoms with Crippen molar-refractivity contribution < 1.29 is 26.7 Å². The molecule has 2 rings (SSSR count). The normalized spacial score (nSPS) is 15.3. The summed E-state index contributed by atoms with van der Waals surface area (Å²) in [5, 5.41) is 1.59. The summed E-state index contributed by atoms with van der Waals surface area (Å²) < 4.78 is 65.5.